The van der Waals surface area contributed by atoms with Crippen LogP contribution in [-0.4, -0.2) is 44.0 Å². The number of carboxylic acid groups (broad SMARTS) is 1. The van der Waals surface area contributed by atoms with Gasteiger partial charge in [0.2, 0.25) is 0 Å². The van der Waals surface area contributed by atoms with Crippen LogP contribution in [0.3, 0.4) is 0 Å². The number of aromatic carboxylic acids is 1. The predicted octanol–water partition coefficient (Wildman–Crippen LogP) is 5.57. The van der Waals surface area contributed by atoms with E-state index in [-0.39, 0.29) is 11.6 Å². The molecule has 0 spiro atoms. The van der Waals surface area contributed by atoms with Crippen LogP contribution in [0.1, 0.15) is 46.3 Å². The fourth-order valence-corrected chi connectivity index (χ4v) is 5.53. The summed E-state index contributed by atoms with van der Waals surface area (Å²) in [5.74, 6) is 0.0238. The van der Waals surface area contributed by atoms with Crippen molar-refractivity contribution in [2.45, 2.75) is 32.7 Å². The van der Waals surface area contributed by atoms with Crippen molar-refractivity contribution in [2.24, 2.45) is 5.92 Å². The molecule has 5 aromatic rings. The number of hydrogen-bond acceptors (Lipinski definition) is 6. The lowest BCUT2D eigenvalue weighted by atomic mass is 9.86. The molecule has 1 saturated heterocycles. The molecule has 5 heterocycles. The molecular weight excluding hydrogens is 456 g/mol. The molecule has 1 aliphatic rings. The van der Waals surface area contributed by atoms with Crippen LogP contribution in [0.2, 0.25) is 0 Å². The molecule has 1 unspecified atom stereocenters. The Kier molecular flexibility index (Phi) is 5.53. The molecule has 0 bridgehead atoms. The van der Waals surface area contributed by atoms with Gasteiger partial charge in [0.25, 0.3) is 0 Å². The van der Waals surface area contributed by atoms with Gasteiger partial charge in [-0.05, 0) is 50.3 Å². The maximum Gasteiger partial charge on any atom is 0.337 e. The molecule has 6 rings (SSSR count). The van der Waals surface area contributed by atoms with Crippen LogP contribution >= 0.6 is 0 Å². The monoisotopic (exact) mass is 482 g/mol. The molecule has 0 saturated carbocycles. The van der Waals surface area contributed by atoms with E-state index in [1.54, 1.807) is 6.07 Å². The zero-order valence-corrected chi connectivity index (χ0v) is 20.1. The molecular formula is C28H26N4O4. The molecule has 1 atom stereocenters. The first-order valence-corrected chi connectivity index (χ1v) is 12.1. The van der Waals surface area contributed by atoms with Gasteiger partial charge in [0.15, 0.2) is 0 Å². The Morgan fingerprint density at radius 1 is 1.03 bits per heavy atom. The van der Waals surface area contributed by atoms with Crippen molar-refractivity contribution >= 4 is 28.0 Å². The highest BCUT2D eigenvalue weighted by molar-refractivity contribution is 6.06. The number of carbonyl (C=O) groups is 1. The minimum atomic E-state index is -1.01. The number of hydrogen-bond donors (Lipinski definition) is 1. The average molecular weight is 483 g/mol. The van der Waals surface area contributed by atoms with Crippen molar-refractivity contribution in [3.8, 4) is 11.1 Å². The largest absolute Gasteiger partial charge is 0.478 e. The Labute approximate surface area is 207 Å². The number of rotatable bonds is 5. The number of aryl methyl sites for hydroxylation is 2. The average Bonchev–Trinajstić information content (AvgIpc) is 3.41. The van der Waals surface area contributed by atoms with Gasteiger partial charge in [0, 0.05) is 36.7 Å². The molecule has 1 N–H and O–H groups in total. The Morgan fingerprint density at radius 2 is 1.72 bits per heavy atom. The third kappa shape index (κ3) is 3.65. The second-order valence-corrected chi connectivity index (χ2v) is 9.36. The molecule has 1 aliphatic heterocycles. The maximum absolute atomic E-state index is 11.9. The van der Waals surface area contributed by atoms with Crippen molar-refractivity contribution in [1.29, 1.82) is 0 Å². The van der Waals surface area contributed by atoms with Gasteiger partial charge >= 0.3 is 5.97 Å². The Hall–Kier alpha value is -4.04. The summed E-state index contributed by atoms with van der Waals surface area (Å²) in [5, 5.41) is 13.9. The highest BCUT2D eigenvalue weighted by atomic mass is 16.5. The number of carboxylic acids is 1. The fraction of sp³-hybridized carbons (Fsp3) is 0.286. The zero-order chi connectivity index (χ0) is 24.8. The quantitative estimate of drug-likeness (QED) is 0.349. The van der Waals surface area contributed by atoms with E-state index in [1.807, 2.05) is 38.2 Å². The van der Waals surface area contributed by atoms with Gasteiger partial charge in [-0.15, -0.1) is 0 Å². The van der Waals surface area contributed by atoms with Crippen LogP contribution in [0, 0.1) is 19.8 Å². The van der Waals surface area contributed by atoms with Gasteiger partial charge in [0.05, 0.1) is 28.3 Å². The first kappa shape index (κ1) is 22.4. The van der Waals surface area contributed by atoms with Crippen molar-refractivity contribution in [3.63, 3.8) is 0 Å². The molecule has 182 valence electrons. The van der Waals surface area contributed by atoms with E-state index in [1.165, 1.54) is 6.20 Å². The Morgan fingerprint density at radius 3 is 2.39 bits per heavy atom. The summed E-state index contributed by atoms with van der Waals surface area (Å²) in [5.41, 5.74) is 7.02. The SMILES string of the molecule is Cc1noc(C)c1-c1cnc2c3ncc(C(=O)O)cc3n(C(c3ccccc3)C3CCOCC3)c2c1. The van der Waals surface area contributed by atoms with E-state index in [2.05, 4.69) is 32.9 Å². The number of aromatic nitrogens is 4. The molecule has 1 aromatic carbocycles. The molecule has 0 radical (unpaired) electrons. The molecule has 8 heteroatoms. The number of benzene rings is 1. The van der Waals surface area contributed by atoms with E-state index in [9.17, 15) is 9.90 Å². The molecule has 36 heavy (non-hydrogen) atoms. The lowest BCUT2D eigenvalue weighted by molar-refractivity contribution is 0.0553. The van der Waals surface area contributed by atoms with Gasteiger partial charge in [-0.3, -0.25) is 9.97 Å². The molecule has 4 aromatic heterocycles. The summed E-state index contributed by atoms with van der Waals surface area (Å²) in [7, 11) is 0. The topological polar surface area (TPSA) is 103 Å². The van der Waals surface area contributed by atoms with Crippen LogP contribution in [0.15, 0.2) is 59.4 Å². The third-order valence-electron chi connectivity index (χ3n) is 7.18. The lowest BCUT2D eigenvalue weighted by Crippen LogP contribution is -2.27. The summed E-state index contributed by atoms with van der Waals surface area (Å²) >= 11 is 0. The Balaban J connectivity index is 1.69. The van der Waals surface area contributed by atoms with Crippen LogP contribution < -0.4 is 0 Å². The summed E-state index contributed by atoms with van der Waals surface area (Å²) < 4.78 is 13.4. The Bertz CT molecular complexity index is 1560. The molecule has 1 fully saturated rings. The summed E-state index contributed by atoms with van der Waals surface area (Å²) in [6.07, 6.45) is 5.04. The first-order valence-electron chi connectivity index (χ1n) is 12.1. The van der Waals surface area contributed by atoms with Crippen molar-refractivity contribution in [3.05, 3.63) is 77.4 Å². The second kappa shape index (κ2) is 8.87. The van der Waals surface area contributed by atoms with Crippen molar-refractivity contribution in [2.75, 3.05) is 13.2 Å². The normalized spacial score (nSPS) is 15.5. The van der Waals surface area contributed by atoms with Crippen LogP contribution in [0.5, 0.6) is 0 Å². The van der Waals surface area contributed by atoms with Crippen molar-refractivity contribution in [1.82, 2.24) is 19.7 Å². The van der Waals surface area contributed by atoms with Crippen LogP contribution in [0.4, 0.5) is 0 Å². The van der Waals surface area contributed by atoms with Gasteiger partial charge < -0.3 is 18.9 Å². The molecule has 8 nitrogen and oxygen atoms in total. The fourth-order valence-electron chi connectivity index (χ4n) is 5.53. The highest BCUT2D eigenvalue weighted by Crippen LogP contribution is 2.41. The smallest absolute Gasteiger partial charge is 0.337 e. The summed E-state index contributed by atoms with van der Waals surface area (Å²) in [4.78, 5) is 21.3. The zero-order valence-electron chi connectivity index (χ0n) is 20.1. The third-order valence-corrected chi connectivity index (χ3v) is 7.18. The van der Waals surface area contributed by atoms with Gasteiger partial charge in [-0.25, -0.2) is 4.79 Å². The van der Waals surface area contributed by atoms with E-state index < -0.39 is 5.97 Å². The van der Waals surface area contributed by atoms with Crippen LogP contribution in [-0.2, 0) is 4.74 Å². The second-order valence-electron chi connectivity index (χ2n) is 9.36. The molecule has 0 aliphatic carbocycles. The van der Waals surface area contributed by atoms with Gasteiger partial charge in [0.1, 0.15) is 16.8 Å². The van der Waals surface area contributed by atoms with Crippen molar-refractivity contribution < 1.29 is 19.2 Å². The number of nitrogens with zero attached hydrogens (tertiary/aromatic N) is 4. The van der Waals surface area contributed by atoms with Crippen LogP contribution in [0.25, 0.3) is 33.2 Å². The van der Waals surface area contributed by atoms with Gasteiger partial charge in [-0.1, -0.05) is 35.5 Å². The number of fused-ring (bicyclic) bond motifs is 3. The maximum atomic E-state index is 11.9. The first-order chi connectivity index (χ1) is 17.5. The minimum absolute atomic E-state index is 0.0392. The van der Waals surface area contributed by atoms with Gasteiger partial charge in [-0.2, -0.15) is 0 Å². The lowest BCUT2D eigenvalue weighted by Gasteiger charge is -2.33. The summed E-state index contributed by atoms with van der Waals surface area (Å²) in [6.45, 7) is 5.21. The minimum Gasteiger partial charge on any atom is -0.478 e. The standard InChI is InChI=1S/C28H26N4O4/c1-16-24(17(2)36-31-16)20-12-22-25(29-14-20)26-23(13-21(15-30-26)28(33)34)32(22)27(18-6-4-3-5-7-18)19-8-10-35-11-9-19/h3-7,12-15,19,27H,8-11H2,1-2H3,(H,33,34). The van der Waals surface area contributed by atoms with E-state index in [0.717, 1.165) is 57.5 Å². The summed E-state index contributed by atoms with van der Waals surface area (Å²) in [6, 6.07) is 14.2. The van der Waals surface area contributed by atoms with E-state index in [0.29, 0.717) is 24.6 Å². The number of pyridine rings is 2. The molecule has 0 amide bonds. The van der Waals surface area contributed by atoms with E-state index in [4.69, 9.17) is 14.2 Å². The highest BCUT2D eigenvalue weighted by Gasteiger charge is 2.31. The van der Waals surface area contributed by atoms with E-state index >= 15 is 0 Å². The number of ether oxygens (including phenoxy) is 1. The predicted molar refractivity (Wildman–Crippen MR) is 135 cm³/mol.